The van der Waals surface area contributed by atoms with Crippen LogP contribution in [0.3, 0.4) is 0 Å². The van der Waals surface area contributed by atoms with Crippen LogP contribution in [0.15, 0.2) is 48.5 Å². The van der Waals surface area contributed by atoms with Crippen molar-refractivity contribution in [2.24, 2.45) is 0 Å². The fraction of sp³-hybridized carbons (Fsp3) is 0.294. The summed E-state index contributed by atoms with van der Waals surface area (Å²) in [6, 6.07) is 15.8. The molecule has 2 aromatic rings. The van der Waals surface area contributed by atoms with Crippen molar-refractivity contribution in [1.82, 2.24) is 0 Å². The van der Waals surface area contributed by atoms with Gasteiger partial charge in [0.15, 0.2) is 0 Å². The predicted molar refractivity (Wildman–Crippen MR) is 83.5 cm³/mol. The minimum absolute atomic E-state index is 0.246. The van der Waals surface area contributed by atoms with Crippen molar-refractivity contribution in [2.45, 2.75) is 19.6 Å². The van der Waals surface area contributed by atoms with Gasteiger partial charge in [-0.1, -0.05) is 30.3 Å². The fourth-order valence-corrected chi connectivity index (χ4v) is 1.96. The van der Waals surface area contributed by atoms with Crippen LogP contribution in [0.5, 0.6) is 5.75 Å². The van der Waals surface area contributed by atoms with Gasteiger partial charge in [0.25, 0.3) is 0 Å². The minimum atomic E-state index is -0.751. The van der Waals surface area contributed by atoms with Crippen LogP contribution in [0.25, 0.3) is 0 Å². The molecule has 0 aliphatic carbocycles. The Morgan fingerprint density at radius 2 is 1.90 bits per heavy atom. The summed E-state index contributed by atoms with van der Waals surface area (Å²) in [5.41, 5.74) is 3.05. The number of hydrogen-bond donors (Lipinski definition) is 3. The number of hydrogen-bond acceptors (Lipinski definition) is 4. The molecular formula is C17H21NO3. The standard InChI is InChI=1S/C17H21NO3/c1-13-9-15(18-10-16(20)11-19)7-8-17(13)21-12-14-5-3-2-4-6-14/h2-9,16,18-20H,10-12H2,1H3. The van der Waals surface area contributed by atoms with E-state index in [9.17, 15) is 5.11 Å². The first kappa shape index (κ1) is 15.4. The van der Waals surface area contributed by atoms with Crippen LogP contribution in [-0.4, -0.2) is 29.5 Å². The zero-order valence-electron chi connectivity index (χ0n) is 12.1. The van der Waals surface area contributed by atoms with Crippen LogP contribution >= 0.6 is 0 Å². The van der Waals surface area contributed by atoms with E-state index >= 15 is 0 Å². The Kier molecular flexibility index (Phi) is 5.60. The summed E-state index contributed by atoms with van der Waals surface area (Å²) >= 11 is 0. The van der Waals surface area contributed by atoms with Gasteiger partial charge in [-0.3, -0.25) is 0 Å². The molecule has 4 nitrogen and oxygen atoms in total. The van der Waals surface area contributed by atoms with Crippen molar-refractivity contribution >= 4 is 5.69 Å². The largest absolute Gasteiger partial charge is 0.489 e. The van der Waals surface area contributed by atoms with Crippen molar-refractivity contribution in [2.75, 3.05) is 18.5 Å². The maximum atomic E-state index is 9.32. The number of rotatable bonds is 7. The molecule has 0 heterocycles. The molecule has 4 heteroatoms. The highest BCUT2D eigenvalue weighted by Gasteiger charge is 2.04. The summed E-state index contributed by atoms with van der Waals surface area (Å²) in [5.74, 6) is 0.840. The monoisotopic (exact) mass is 287 g/mol. The zero-order valence-corrected chi connectivity index (χ0v) is 12.1. The third-order valence-electron chi connectivity index (χ3n) is 3.16. The lowest BCUT2D eigenvalue weighted by molar-refractivity contribution is 0.105. The molecule has 112 valence electrons. The average Bonchev–Trinajstić information content (AvgIpc) is 2.52. The molecule has 1 unspecified atom stereocenters. The smallest absolute Gasteiger partial charge is 0.122 e. The Morgan fingerprint density at radius 3 is 2.57 bits per heavy atom. The molecule has 1 atom stereocenters. The van der Waals surface area contributed by atoms with E-state index in [4.69, 9.17) is 9.84 Å². The SMILES string of the molecule is Cc1cc(NCC(O)CO)ccc1OCc1ccccc1. The van der Waals surface area contributed by atoms with Gasteiger partial charge >= 0.3 is 0 Å². The molecule has 0 aliphatic heterocycles. The molecular weight excluding hydrogens is 266 g/mol. The van der Waals surface area contributed by atoms with Gasteiger partial charge in [-0.25, -0.2) is 0 Å². The Hall–Kier alpha value is -2.04. The summed E-state index contributed by atoms with van der Waals surface area (Å²) in [5, 5.41) is 21.2. The molecule has 3 N–H and O–H groups in total. The third kappa shape index (κ3) is 4.77. The maximum Gasteiger partial charge on any atom is 0.122 e. The van der Waals surface area contributed by atoms with Gasteiger partial charge in [0.2, 0.25) is 0 Å². The molecule has 2 rings (SSSR count). The van der Waals surface area contributed by atoms with Crippen LogP contribution in [-0.2, 0) is 6.61 Å². The van der Waals surface area contributed by atoms with E-state index in [1.165, 1.54) is 0 Å². The number of benzene rings is 2. The molecule has 0 spiro atoms. The second kappa shape index (κ2) is 7.67. The van der Waals surface area contributed by atoms with Crippen molar-refractivity contribution in [3.05, 3.63) is 59.7 Å². The van der Waals surface area contributed by atoms with Crippen molar-refractivity contribution < 1.29 is 14.9 Å². The summed E-state index contributed by atoms with van der Waals surface area (Å²) in [7, 11) is 0. The lowest BCUT2D eigenvalue weighted by Crippen LogP contribution is -2.22. The molecule has 0 aliphatic rings. The van der Waals surface area contributed by atoms with Crippen LogP contribution in [0, 0.1) is 6.92 Å². The second-order valence-electron chi connectivity index (χ2n) is 4.97. The van der Waals surface area contributed by atoms with Crippen LogP contribution < -0.4 is 10.1 Å². The Balaban J connectivity index is 1.93. The Bertz CT molecular complexity index is 557. The number of nitrogens with one attached hydrogen (secondary N) is 1. The van der Waals surface area contributed by atoms with E-state index in [1.54, 1.807) is 0 Å². The highest BCUT2D eigenvalue weighted by atomic mass is 16.5. The van der Waals surface area contributed by atoms with Crippen LogP contribution in [0.2, 0.25) is 0 Å². The van der Waals surface area contributed by atoms with Crippen LogP contribution in [0.1, 0.15) is 11.1 Å². The lowest BCUT2D eigenvalue weighted by Gasteiger charge is -2.13. The Morgan fingerprint density at radius 1 is 1.14 bits per heavy atom. The van der Waals surface area contributed by atoms with E-state index in [-0.39, 0.29) is 6.61 Å². The summed E-state index contributed by atoms with van der Waals surface area (Å²) in [4.78, 5) is 0. The molecule has 0 saturated carbocycles. The molecule has 21 heavy (non-hydrogen) atoms. The highest BCUT2D eigenvalue weighted by molar-refractivity contribution is 5.50. The Labute approximate surface area is 125 Å². The van der Waals surface area contributed by atoms with E-state index in [0.717, 1.165) is 22.6 Å². The third-order valence-corrected chi connectivity index (χ3v) is 3.16. The zero-order chi connectivity index (χ0) is 15.1. The van der Waals surface area contributed by atoms with E-state index in [2.05, 4.69) is 5.32 Å². The van der Waals surface area contributed by atoms with Gasteiger partial charge < -0.3 is 20.3 Å². The first-order valence-electron chi connectivity index (χ1n) is 6.99. The molecule has 0 radical (unpaired) electrons. The van der Waals surface area contributed by atoms with Gasteiger partial charge in [0.05, 0.1) is 12.7 Å². The number of aliphatic hydroxyl groups excluding tert-OH is 2. The van der Waals surface area contributed by atoms with Crippen LogP contribution in [0.4, 0.5) is 5.69 Å². The van der Waals surface area contributed by atoms with Gasteiger partial charge in [0.1, 0.15) is 12.4 Å². The number of anilines is 1. The van der Waals surface area contributed by atoms with Crippen molar-refractivity contribution in [3.63, 3.8) is 0 Å². The van der Waals surface area contributed by atoms with Crippen molar-refractivity contribution in [1.29, 1.82) is 0 Å². The topological polar surface area (TPSA) is 61.7 Å². The van der Waals surface area contributed by atoms with E-state index in [1.807, 2.05) is 55.5 Å². The summed E-state index contributed by atoms with van der Waals surface area (Å²) < 4.78 is 5.81. The van der Waals surface area contributed by atoms with Crippen molar-refractivity contribution in [3.8, 4) is 5.75 Å². The van der Waals surface area contributed by atoms with Gasteiger partial charge in [-0.15, -0.1) is 0 Å². The highest BCUT2D eigenvalue weighted by Crippen LogP contribution is 2.22. The first-order valence-corrected chi connectivity index (χ1v) is 6.99. The van der Waals surface area contributed by atoms with Gasteiger partial charge in [-0.05, 0) is 36.2 Å². The molecule has 0 amide bonds. The van der Waals surface area contributed by atoms with Gasteiger partial charge in [0, 0.05) is 12.2 Å². The van der Waals surface area contributed by atoms with Gasteiger partial charge in [-0.2, -0.15) is 0 Å². The number of aliphatic hydroxyl groups is 2. The minimum Gasteiger partial charge on any atom is -0.489 e. The predicted octanol–water partition coefficient (Wildman–Crippen LogP) is 2.34. The number of ether oxygens (including phenoxy) is 1. The van der Waals surface area contributed by atoms with E-state index in [0.29, 0.717) is 13.2 Å². The normalized spacial score (nSPS) is 12.0. The fourth-order valence-electron chi connectivity index (χ4n) is 1.96. The number of aryl methyl sites for hydroxylation is 1. The quantitative estimate of drug-likeness (QED) is 0.731. The lowest BCUT2D eigenvalue weighted by atomic mass is 10.2. The first-order chi connectivity index (χ1) is 10.2. The molecule has 2 aromatic carbocycles. The maximum absolute atomic E-state index is 9.32. The summed E-state index contributed by atoms with van der Waals surface area (Å²) in [6.07, 6.45) is -0.751. The second-order valence-corrected chi connectivity index (χ2v) is 4.97. The molecule has 0 bridgehead atoms. The molecule has 0 saturated heterocycles. The summed E-state index contributed by atoms with van der Waals surface area (Å²) in [6.45, 7) is 2.59. The van der Waals surface area contributed by atoms with E-state index < -0.39 is 6.10 Å². The molecule has 0 fully saturated rings. The average molecular weight is 287 g/mol. The molecule has 0 aromatic heterocycles.